The van der Waals surface area contributed by atoms with Crippen LogP contribution in [0.5, 0.6) is 0 Å². The van der Waals surface area contributed by atoms with Crippen LogP contribution in [0.15, 0.2) is 64.4 Å². The monoisotopic (exact) mass is 385 g/mol. The van der Waals surface area contributed by atoms with Crippen LogP contribution < -0.4 is 11.3 Å². The smallest absolute Gasteiger partial charge is 0.283 e. The van der Waals surface area contributed by atoms with Gasteiger partial charge in [0.15, 0.2) is 0 Å². The number of nitrogens with two attached hydrogens (primary N) is 1. The molecule has 0 spiro atoms. The highest BCUT2D eigenvalue weighted by Crippen LogP contribution is 2.32. The van der Waals surface area contributed by atoms with Crippen LogP contribution in [0.3, 0.4) is 0 Å². The third-order valence-electron chi connectivity index (χ3n) is 4.59. The molecule has 5 rings (SSSR count). The van der Waals surface area contributed by atoms with Crippen LogP contribution in [-0.4, -0.2) is 20.8 Å². The van der Waals surface area contributed by atoms with E-state index in [4.69, 9.17) is 5.73 Å². The van der Waals surface area contributed by atoms with E-state index in [0.29, 0.717) is 16.9 Å². The molecular formula is C21H15N5OS. The van der Waals surface area contributed by atoms with Gasteiger partial charge in [-0.2, -0.15) is 14.6 Å². The number of fused-ring (bicyclic) bond motifs is 2. The second kappa shape index (κ2) is 6.54. The summed E-state index contributed by atoms with van der Waals surface area (Å²) in [6, 6.07) is 17.8. The Morgan fingerprint density at radius 2 is 1.86 bits per heavy atom. The zero-order chi connectivity index (χ0) is 19.1. The molecule has 136 valence electrons. The lowest BCUT2D eigenvalue weighted by atomic mass is 10.1. The molecule has 0 fully saturated rings. The third kappa shape index (κ3) is 2.82. The Morgan fingerprint density at radius 1 is 1.07 bits per heavy atom. The molecule has 0 atom stereocenters. The van der Waals surface area contributed by atoms with Gasteiger partial charge in [-0.1, -0.05) is 59.9 Å². The van der Waals surface area contributed by atoms with Crippen molar-refractivity contribution in [2.75, 3.05) is 5.73 Å². The topological polar surface area (TPSA) is 85.6 Å². The van der Waals surface area contributed by atoms with E-state index in [1.165, 1.54) is 11.3 Å². The van der Waals surface area contributed by atoms with E-state index in [-0.39, 0.29) is 11.4 Å². The summed E-state index contributed by atoms with van der Waals surface area (Å²) in [6.45, 7) is 0. The van der Waals surface area contributed by atoms with Crippen LogP contribution >= 0.6 is 11.3 Å². The van der Waals surface area contributed by atoms with Crippen LogP contribution in [0.1, 0.15) is 21.7 Å². The molecular weight excluding hydrogens is 370 g/mol. The van der Waals surface area contributed by atoms with Gasteiger partial charge in [0.1, 0.15) is 10.8 Å². The molecule has 0 bridgehead atoms. The first-order valence-electron chi connectivity index (χ1n) is 8.76. The molecule has 3 heterocycles. The maximum Gasteiger partial charge on any atom is 0.283 e. The van der Waals surface area contributed by atoms with Gasteiger partial charge in [-0.25, -0.2) is 0 Å². The number of aromatic nitrogens is 3. The first-order chi connectivity index (χ1) is 13.7. The van der Waals surface area contributed by atoms with Crippen LogP contribution in [0.4, 0.5) is 11.5 Å². The fourth-order valence-electron chi connectivity index (χ4n) is 3.21. The summed E-state index contributed by atoms with van der Waals surface area (Å²) in [4.78, 5) is 21.7. The Morgan fingerprint density at radius 3 is 2.71 bits per heavy atom. The van der Waals surface area contributed by atoms with Crippen molar-refractivity contribution >= 4 is 45.7 Å². The predicted octanol–water partition coefficient (Wildman–Crippen LogP) is 3.58. The van der Waals surface area contributed by atoms with Crippen molar-refractivity contribution in [3.63, 3.8) is 0 Å². The number of benzene rings is 2. The minimum atomic E-state index is -0.363. The molecule has 0 amide bonds. The number of hydrogen-bond acceptors (Lipinski definition) is 6. The van der Waals surface area contributed by atoms with E-state index in [1.807, 2.05) is 54.6 Å². The molecule has 6 nitrogen and oxygen atoms in total. The van der Waals surface area contributed by atoms with Crippen molar-refractivity contribution in [2.45, 2.75) is 6.42 Å². The highest BCUT2D eigenvalue weighted by atomic mass is 32.1. The lowest BCUT2D eigenvalue weighted by molar-refractivity contribution is 0.901. The quantitative estimate of drug-likeness (QED) is 0.584. The molecule has 0 saturated carbocycles. The normalized spacial score (nSPS) is 14.1. The molecule has 2 aromatic carbocycles. The largest absolute Gasteiger partial charge is 0.383 e. The Kier molecular flexibility index (Phi) is 3.87. The van der Waals surface area contributed by atoms with Gasteiger partial charge < -0.3 is 5.73 Å². The molecule has 7 heteroatoms. The zero-order valence-corrected chi connectivity index (χ0v) is 15.6. The second-order valence-corrected chi connectivity index (χ2v) is 7.48. The summed E-state index contributed by atoms with van der Waals surface area (Å²) in [5, 5.41) is 5.42. The molecule has 4 aromatic rings. The van der Waals surface area contributed by atoms with E-state index < -0.39 is 0 Å². The Balaban J connectivity index is 1.59. The average molecular weight is 385 g/mol. The molecule has 0 unspecified atom stereocenters. The molecule has 1 aliphatic heterocycles. The van der Waals surface area contributed by atoms with Crippen molar-refractivity contribution in [2.24, 2.45) is 4.99 Å². The van der Waals surface area contributed by atoms with Crippen molar-refractivity contribution in [3.8, 4) is 0 Å². The van der Waals surface area contributed by atoms with E-state index in [9.17, 15) is 4.79 Å². The Labute approximate surface area is 164 Å². The standard InChI is InChI=1S/C21H15N5OS/c22-19-16(11-14-12-23-17-9-5-4-8-15(14)17)20(27)24-21-26(19)25-18(28-21)10-13-6-2-1-3-7-13/h1-9,11-12H,10,22H2/b14-11+. The number of hydrogen-bond donors (Lipinski definition) is 1. The Hall–Kier alpha value is -3.58. The van der Waals surface area contributed by atoms with Crippen molar-refractivity contribution in [1.29, 1.82) is 0 Å². The van der Waals surface area contributed by atoms with Gasteiger partial charge in [0.05, 0.1) is 11.3 Å². The van der Waals surface area contributed by atoms with Gasteiger partial charge in [0.2, 0.25) is 4.96 Å². The average Bonchev–Trinajstić information content (AvgIpc) is 3.30. The number of rotatable bonds is 3. The van der Waals surface area contributed by atoms with Gasteiger partial charge >= 0.3 is 0 Å². The highest BCUT2D eigenvalue weighted by Gasteiger charge is 2.17. The minimum Gasteiger partial charge on any atom is -0.383 e. The number of nitrogens with zero attached hydrogens (tertiary/aromatic N) is 4. The molecule has 0 aliphatic carbocycles. The van der Waals surface area contributed by atoms with Gasteiger partial charge in [0.25, 0.3) is 5.56 Å². The SMILES string of the molecule is Nc1c(/C=C2\C=Nc3ccccc32)c(=O)nc2sc(Cc3ccccc3)nn12. The van der Waals surface area contributed by atoms with Gasteiger partial charge in [-0.3, -0.25) is 9.79 Å². The van der Waals surface area contributed by atoms with E-state index >= 15 is 0 Å². The molecule has 2 aromatic heterocycles. The molecule has 1 aliphatic rings. The van der Waals surface area contributed by atoms with Crippen LogP contribution in [0.2, 0.25) is 0 Å². The fourth-order valence-corrected chi connectivity index (χ4v) is 4.13. The van der Waals surface area contributed by atoms with Crippen LogP contribution in [-0.2, 0) is 6.42 Å². The van der Waals surface area contributed by atoms with Crippen molar-refractivity contribution < 1.29 is 0 Å². The maximum atomic E-state index is 12.6. The first-order valence-corrected chi connectivity index (χ1v) is 9.58. The number of allylic oxidation sites excluding steroid dienone is 1. The summed E-state index contributed by atoms with van der Waals surface area (Å²) in [7, 11) is 0. The van der Waals surface area contributed by atoms with Crippen molar-refractivity contribution in [1.82, 2.24) is 14.6 Å². The number of aliphatic imine (C=N–C) groups is 1. The lowest BCUT2D eigenvalue weighted by Gasteiger charge is -2.03. The van der Waals surface area contributed by atoms with Gasteiger partial charge in [-0.05, 0) is 17.7 Å². The van der Waals surface area contributed by atoms with Gasteiger partial charge in [0, 0.05) is 23.8 Å². The summed E-state index contributed by atoms with van der Waals surface area (Å²) in [5.41, 5.74) is 10.1. The molecule has 28 heavy (non-hydrogen) atoms. The molecule has 0 radical (unpaired) electrons. The molecule has 2 N–H and O–H groups in total. The van der Waals surface area contributed by atoms with E-state index in [0.717, 1.165) is 27.4 Å². The van der Waals surface area contributed by atoms with Crippen LogP contribution in [0, 0.1) is 0 Å². The summed E-state index contributed by atoms with van der Waals surface area (Å²) >= 11 is 1.37. The van der Waals surface area contributed by atoms with E-state index in [2.05, 4.69) is 15.1 Å². The van der Waals surface area contributed by atoms with Crippen molar-refractivity contribution in [3.05, 3.63) is 86.6 Å². The van der Waals surface area contributed by atoms with Gasteiger partial charge in [-0.15, -0.1) is 0 Å². The van der Waals surface area contributed by atoms with E-state index in [1.54, 1.807) is 16.8 Å². The fraction of sp³-hybridized carbons (Fsp3) is 0.0476. The zero-order valence-electron chi connectivity index (χ0n) is 14.7. The lowest BCUT2D eigenvalue weighted by Crippen LogP contribution is -2.16. The molecule has 0 saturated heterocycles. The van der Waals surface area contributed by atoms with Crippen LogP contribution in [0.25, 0.3) is 16.6 Å². The third-order valence-corrected chi connectivity index (χ3v) is 5.50. The first kappa shape index (κ1) is 16.6. The number of para-hydroxylation sites is 1. The summed E-state index contributed by atoms with van der Waals surface area (Å²) in [6.07, 6.45) is 4.14. The summed E-state index contributed by atoms with van der Waals surface area (Å²) in [5.74, 6) is 0.288. The predicted molar refractivity (Wildman–Crippen MR) is 113 cm³/mol. The number of anilines is 1. The minimum absolute atomic E-state index is 0.288. The Bertz CT molecular complexity index is 1320. The summed E-state index contributed by atoms with van der Waals surface area (Å²) < 4.78 is 1.55. The highest BCUT2D eigenvalue weighted by molar-refractivity contribution is 7.16. The maximum absolute atomic E-state index is 12.6. The number of nitrogen functional groups attached to an aromatic ring is 1. The second-order valence-electron chi connectivity index (χ2n) is 6.44.